The third kappa shape index (κ3) is 2.76. The minimum atomic E-state index is 0.155. The van der Waals surface area contributed by atoms with Crippen LogP contribution in [-0.4, -0.2) is 41.4 Å². The van der Waals surface area contributed by atoms with E-state index in [0.29, 0.717) is 5.92 Å². The Morgan fingerprint density at radius 2 is 1.81 bits per heavy atom. The van der Waals surface area contributed by atoms with Crippen molar-refractivity contribution in [2.45, 2.75) is 38.6 Å². The van der Waals surface area contributed by atoms with E-state index in [1.807, 2.05) is 0 Å². The summed E-state index contributed by atoms with van der Waals surface area (Å²) in [5.74, 6) is 0.549. The molecule has 2 aliphatic rings. The molecule has 2 heteroatoms. The predicted octanol–water partition coefficient (Wildman–Crippen LogP) is 3.33. The molecule has 3 rings (SSSR count). The molecule has 1 aromatic rings. The summed E-state index contributed by atoms with van der Waals surface area (Å²) >= 11 is 0. The van der Waals surface area contributed by atoms with Gasteiger partial charge in [-0.1, -0.05) is 30.3 Å². The highest BCUT2D eigenvalue weighted by Gasteiger charge is 2.43. The Morgan fingerprint density at radius 1 is 1.14 bits per heavy atom. The summed E-state index contributed by atoms with van der Waals surface area (Å²) in [4.78, 5) is 2.61. The van der Waals surface area contributed by atoms with Gasteiger partial charge in [0.25, 0.3) is 0 Å². The van der Waals surface area contributed by atoms with Crippen molar-refractivity contribution in [3.8, 4) is 0 Å². The SMILES string of the molecule is C[N+]1=CC=C(N2CCCC2)C(Cc2ccccc2)C1(C)C. The second-order valence-electron chi connectivity index (χ2n) is 6.94. The molecule has 0 aliphatic carbocycles. The molecule has 2 heterocycles. The number of nitrogens with zero attached hydrogens (tertiary/aromatic N) is 2. The topological polar surface area (TPSA) is 6.25 Å². The minimum Gasteiger partial charge on any atom is -0.374 e. The fraction of sp³-hybridized carbons (Fsp3) is 0.526. The molecular formula is C19H27N2+. The normalized spacial score (nSPS) is 24.7. The van der Waals surface area contributed by atoms with Crippen molar-refractivity contribution < 1.29 is 4.58 Å². The van der Waals surface area contributed by atoms with Crippen LogP contribution in [0.3, 0.4) is 0 Å². The summed E-state index contributed by atoms with van der Waals surface area (Å²) in [7, 11) is 2.20. The zero-order valence-electron chi connectivity index (χ0n) is 13.5. The van der Waals surface area contributed by atoms with E-state index in [2.05, 4.69) is 73.0 Å². The molecule has 0 saturated carbocycles. The quantitative estimate of drug-likeness (QED) is 0.771. The fourth-order valence-corrected chi connectivity index (χ4v) is 3.61. The Labute approximate surface area is 128 Å². The molecule has 0 aromatic heterocycles. The van der Waals surface area contributed by atoms with Crippen molar-refractivity contribution in [3.05, 3.63) is 47.7 Å². The van der Waals surface area contributed by atoms with Crippen LogP contribution in [0.15, 0.2) is 42.1 Å². The maximum Gasteiger partial charge on any atom is 0.165 e. The fourth-order valence-electron chi connectivity index (χ4n) is 3.61. The van der Waals surface area contributed by atoms with Crippen molar-refractivity contribution >= 4 is 6.21 Å². The van der Waals surface area contributed by atoms with Crippen LogP contribution in [-0.2, 0) is 6.42 Å². The van der Waals surface area contributed by atoms with E-state index in [9.17, 15) is 0 Å². The number of benzene rings is 1. The second-order valence-corrected chi connectivity index (χ2v) is 6.94. The first-order valence-corrected chi connectivity index (χ1v) is 8.16. The molecule has 1 saturated heterocycles. The average molecular weight is 283 g/mol. The van der Waals surface area contributed by atoms with Crippen LogP contribution in [0.1, 0.15) is 32.3 Å². The lowest BCUT2D eigenvalue weighted by Crippen LogP contribution is -2.49. The van der Waals surface area contributed by atoms with Crippen molar-refractivity contribution in [1.82, 2.24) is 4.90 Å². The van der Waals surface area contributed by atoms with Crippen LogP contribution in [0.4, 0.5) is 0 Å². The molecule has 1 unspecified atom stereocenters. The average Bonchev–Trinajstić information content (AvgIpc) is 3.00. The van der Waals surface area contributed by atoms with Gasteiger partial charge in [0.1, 0.15) is 7.05 Å². The second kappa shape index (κ2) is 5.67. The molecule has 21 heavy (non-hydrogen) atoms. The van der Waals surface area contributed by atoms with Crippen LogP contribution in [0.25, 0.3) is 0 Å². The van der Waals surface area contributed by atoms with Gasteiger partial charge in [-0.25, -0.2) is 4.58 Å². The van der Waals surface area contributed by atoms with Crippen LogP contribution in [0, 0.1) is 5.92 Å². The van der Waals surface area contributed by atoms with Gasteiger partial charge < -0.3 is 4.90 Å². The highest BCUT2D eigenvalue weighted by atomic mass is 15.2. The third-order valence-electron chi connectivity index (χ3n) is 5.34. The van der Waals surface area contributed by atoms with E-state index in [4.69, 9.17) is 0 Å². The Bertz CT molecular complexity index is 548. The lowest BCUT2D eigenvalue weighted by molar-refractivity contribution is -0.581. The van der Waals surface area contributed by atoms with Gasteiger partial charge in [0.2, 0.25) is 0 Å². The molecule has 112 valence electrons. The summed E-state index contributed by atoms with van der Waals surface area (Å²) < 4.78 is 2.38. The van der Waals surface area contributed by atoms with Gasteiger partial charge in [-0.3, -0.25) is 0 Å². The molecule has 0 N–H and O–H groups in total. The Balaban J connectivity index is 1.92. The van der Waals surface area contributed by atoms with Crippen molar-refractivity contribution in [2.24, 2.45) is 5.92 Å². The molecule has 2 aliphatic heterocycles. The minimum absolute atomic E-state index is 0.155. The smallest absolute Gasteiger partial charge is 0.165 e. The van der Waals surface area contributed by atoms with Gasteiger partial charge >= 0.3 is 0 Å². The first kappa shape index (κ1) is 14.4. The summed E-state index contributed by atoms with van der Waals surface area (Å²) in [5, 5.41) is 0. The molecule has 0 spiro atoms. The molecule has 1 fully saturated rings. The van der Waals surface area contributed by atoms with Gasteiger partial charge in [-0.05, 0) is 24.8 Å². The zero-order valence-corrected chi connectivity index (χ0v) is 13.5. The van der Waals surface area contributed by atoms with Crippen LogP contribution < -0.4 is 0 Å². The van der Waals surface area contributed by atoms with E-state index in [1.165, 1.54) is 31.5 Å². The molecule has 0 radical (unpaired) electrons. The summed E-state index contributed by atoms with van der Waals surface area (Å²) in [6.07, 6.45) is 8.41. The van der Waals surface area contributed by atoms with Gasteiger partial charge in [-0.15, -0.1) is 0 Å². The highest BCUT2D eigenvalue weighted by molar-refractivity contribution is 5.69. The number of rotatable bonds is 3. The third-order valence-corrected chi connectivity index (χ3v) is 5.34. The Kier molecular flexibility index (Phi) is 3.88. The Hall–Kier alpha value is -1.57. The number of hydrogen-bond donors (Lipinski definition) is 0. The lowest BCUT2D eigenvalue weighted by atomic mass is 9.78. The molecule has 0 bridgehead atoms. The first-order chi connectivity index (χ1) is 10.1. The summed E-state index contributed by atoms with van der Waals surface area (Å²) in [6.45, 7) is 7.20. The summed E-state index contributed by atoms with van der Waals surface area (Å²) in [6, 6.07) is 10.9. The molecule has 2 nitrogen and oxygen atoms in total. The number of likely N-dealkylation sites (tertiary alicyclic amines) is 1. The van der Waals surface area contributed by atoms with Gasteiger partial charge in [0.05, 0.1) is 5.92 Å². The summed E-state index contributed by atoms with van der Waals surface area (Å²) in [5.41, 5.74) is 3.14. The molecule has 1 atom stereocenters. The monoisotopic (exact) mass is 283 g/mol. The maximum absolute atomic E-state index is 2.61. The Morgan fingerprint density at radius 3 is 2.48 bits per heavy atom. The maximum atomic E-state index is 2.61. The van der Waals surface area contributed by atoms with Crippen LogP contribution in [0.5, 0.6) is 0 Å². The van der Waals surface area contributed by atoms with Crippen molar-refractivity contribution in [2.75, 3.05) is 20.1 Å². The molecule has 1 aromatic carbocycles. The van der Waals surface area contributed by atoms with Crippen molar-refractivity contribution in [1.29, 1.82) is 0 Å². The first-order valence-electron chi connectivity index (χ1n) is 8.16. The van der Waals surface area contributed by atoms with E-state index in [0.717, 1.165) is 6.42 Å². The lowest BCUT2D eigenvalue weighted by Gasteiger charge is -2.38. The van der Waals surface area contributed by atoms with Gasteiger partial charge in [0, 0.05) is 38.7 Å². The highest BCUT2D eigenvalue weighted by Crippen LogP contribution is 2.35. The van der Waals surface area contributed by atoms with Gasteiger partial charge in [-0.2, -0.15) is 0 Å². The largest absolute Gasteiger partial charge is 0.374 e. The van der Waals surface area contributed by atoms with E-state index < -0.39 is 0 Å². The van der Waals surface area contributed by atoms with Crippen LogP contribution >= 0.6 is 0 Å². The predicted molar refractivity (Wildman–Crippen MR) is 88.9 cm³/mol. The van der Waals surface area contributed by atoms with Crippen LogP contribution in [0.2, 0.25) is 0 Å². The van der Waals surface area contributed by atoms with Crippen molar-refractivity contribution in [3.63, 3.8) is 0 Å². The number of allylic oxidation sites excluding steroid dienone is 1. The molecule has 0 amide bonds. The number of hydrogen-bond acceptors (Lipinski definition) is 1. The zero-order chi connectivity index (χ0) is 14.9. The van der Waals surface area contributed by atoms with E-state index in [1.54, 1.807) is 5.70 Å². The standard InChI is InChI=1S/C19H27N2/c1-19(2)17(15-16-9-5-4-6-10-16)18(11-14-20(19)3)21-12-7-8-13-21/h4-6,9-11,14,17H,7-8,12-13,15H2,1-3H3/q+1. The molecular weight excluding hydrogens is 256 g/mol. The van der Waals surface area contributed by atoms with E-state index in [-0.39, 0.29) is 5.54 Å². The van der Waals surface area contributed by atoms with E-state index >= 15 is 0 Å². The van der Waals surface area contributed by atoms with Gasteiger partial charge in [0.15, 0.2) is 11.8 Å².